The van der Waals surface area contributed by atoms with Crippen LogP contribution in [0.5, 0.6) is 0 Å². The zero-order valence-electron chi connectivity index (χ0n) is 10.3. The first-order valence-electron chi connectivity index (χ1n) is 5.07. The molecule has 1 aromatic heterocycles. The van der Waals surface area contributed by atoms with E-state index in [1.54, 1.807) is 0 Å². The third-order valence-electron chi connectivity index (χ3n) is 2.39. The van der Waals surface area contributed by atoms with Crippen molar-refractivity contribution in [2.45, 2.75) is 11.8 Å². The van der Waals surface area contributed by atoms with Crippen molar-refractivity contribution in [1.29, 1.82) is 0 Å². The van der Waals surface area contributed by atoms with E-state index >= 15 is 0 Å². The molecule has 0 radical (unpaired) electrons. The molecule has 0 N–H and O–H groups in total. The molecule has 1 aromatic rings. The van der Waals surface area contributed by atoms with Crippen LogP contribution in [0, 0.1) is 0 Å². The zero-order chi connectivity index (χ0) is 15.6. The Hall–Kier alpha value is -2.19. The number of rotatable bonds is 3. The van der Waals surface area contributed by atoms with Gasteiger partial charge in [0.2, 0.25) is 0 Å². The second-order valence-corrected chi connectivity index (χ2v) is 3.57. The number of hydrogen-bond acceptors (Lipinski definition) is 5. The number of nitrogens with zero attached hydrogens (tertiary/aromatic N) is 1. The molecule has 0 fully saturated rings. The van der Waals surface area contributed by atoms with E-state index in [2.05, 4.69) is 14.5 Å². The Morgan fingerprint density at radius 2 is 1.70 bits per heavy atom. The summed E-state index contributed by atoms with van der Waals surface area (Å²) in [4.78, 5) is 25.4. The van der Waals surface area contributed by atoms with Crippen molar-refractivity contribution in [3.63, 3.8) is 0 Å². The van der Waals surface area contributed by atoms with Crippen molar-refractivity contribution < 1.29 is 36.6 Å². The Labute approximate surface area is 110 Å². The highest BCUT2D eigenvalue weighted by molar-refractivity contribution is 5.89. The van der Waals surface area contributed by atoms with Crippen LogP contribution in [0.1, 0.15) is 16.1 Å². The van der Waals surface area contributed by atoms with Crippen LogP contribution in [-0.4, -0.2) is 37.3 Å². The van der Waals surface area contributed by atoms with Crippen LogP contribution in [0.2, 0.25) is 0 Å². The van der Waals surface area contributed by atoms with Gasteiger partial charge in [-0.3, -0.25) is 4.98 Å². The Balaban J connectivity index is 3.30. The number of pyridine rings is 1. The van der Waals surface area contributed by atoms with E-state index in [0.29, 0.717) is 19.4 Å². The molecule has 0 spiro atoms. The predicted molar refractivity (Wildman–Crippen MR) is 56.4 cm³/mol. The fraction of sp³-hybridized carbons (Fsp3) is 0.364. The van der Waals surface area contributed by atoms with Gasteiger partial charge in [-0.25, -0.2) is 14.0 Å². The minimum atomic E-state index is -5.56. The Bertz CT molecular complexity index is 514. The molecule has 0 aromatic carbocycles. The highest BCUT2D eigenvalue weighted by atomic mass is 19.4. The van der Waals surface area contributed by atoms with E-state index in [0.717, 1.165) is 13.2 Å². The molecule has 0 aliphatic rings. The summed E-state index contributed by atoms with van der Waals surface area (Å²) in [6, 6.07) is 1.42. The summed E-state index contributed by atoms with van der Waals surface area (Å²) in [5.74, 6) is -3.01. The third kappa shape index (κ3) is 2.56. The number of esters is 2. The lowest BCUT2D eigenvalue weighted by atomic mass is 10.00. The molecule has 0 aliphatic carbocycles. The van der Waals surface area contributed by atoms with Gasteiger partial charge in [0.05, 0.1) is 25.5 Å². The van der Waals surface area contributed by atoms with Gasteiger partial charge in [-0.2, -0.15) is 13.2 Å². The van der Waals surface area contributed by atoms with Crippen LogP contribution < -0.4 is 0 Å². The summed E-state index contributed by atoms with van der Waals surface area (Å²) in [6.45, 7) is 0. The largest absolute Gasteiger partial charge is 0.466 e. The van der Waals surface area contributed by atoms with E-state index in [1.807, 2.05) is 0 Å². The maximum Gasteiger partial charge on any atom is 0.439 e. The second kappa shape index (κ2) is 5.43. The highest BCUT2D eigenvalue weighted by Gasteiger charge is 2.65. The first-order valence-corrected chi connectivity index (χ1v) is 5.07. The molecule has 0 bridgehead atoms. The SMILES string of the molecule is COC(=O)c1ccc(C(F)(C(=O)OC)C(F)(F)F)nc1. The van der Waals surface area contributed by atoms with Crippen molar-refractivity contribution in [3.05, 3.63) is 29.6 Å². The van der Waals surface area contributed by atoms with E-state index in [1.165, 1.54) is 0 Å². The molecule has 1 unspecified atom stereocenters. The quantitative estimate of drug-likeness (QED) is 0.628. The van der Waals surface area contributed by atoms with E-state index in [4.69, 9.17) is 0 Å². The van der Waals surface area contributed by atoms with Gasteiger partial charge in [0.25, 0.3) is 0 Å². The third-order valence-corrected chi connectivity index (χ3v) is 2.39. The van der Waals surface area contributed by atoms with Crippen LogP contribution in [0.4, 0.5) is 17.6 Å². The first kappa shape index (κ1) is 15.9. The normalized spacial score (nSPS) is 14.3. The molecular formula is C11H9F4NO4. The molecule has 1 rings (SSSR count). The topological polar surface area (TPSA) is 65.5 Å². The molecule has 20 heavy (non-hydrogen) atoms. The van der Waals surface area contributed by atoms with Crippen LogP contribution in [-0.2, 0) is 19.9 Å². The number of ether oxygens (including phenoxy) is 2. The minimum absolute atomic E-state index is 0.189. The zero-order valence-corrected chi connectivity index (χ0v) is 10.3. The van der Waals surface area contributed by atoms with Crippen LogP contribution in [0.3, 0.4) is 0 Å². The molecule has 9 heteroatoms. The molecule has 1 heterocycles. The van der Waals surface area contributed by atoms with Gasteiger partial charge >= 0.3 is 23.8 Å². The van der Waals surface area contributed by atoms with Crippen molar-refractivity contribution in [1.82, 2.24) is 4.98 Å². The van der Waals surface area contributed by atoms with Gasteiger partial charge in [0.1, 0.15) is 0 Å². The van der Waals surface area contributed by atoms with Gasteiger partial charge in [-0.05, 0) is 12.1 Å². The molecule has 0 saturated carbocycles. The summed E-state index contributed by atoms with van der Waals surface area (Å²) in [5, 5.41) is 0. The van der Waals surface area contributed by atoms with E-state index < -0.39 is 29.5 Å². The Morgan fingerprint density at radius 3 is 2.05 bits per heavy atom. The van der Waals surface area contributed by atoms with Crippen LogP contribution in [0.25, 0.3) is 0 Å². The Morgan fingerprint density at radius 1 is 1.10 bits per heavy atom. The van der Waals surface area contributed by atoms with Crippen molar-refractivity contribution in [3.8, 4) is 0 Å². The first-order chi connectivity index (χ1) is 9.18. The fourth-order valence-electron chi connectivity index (χ4n) is 1.34. The number of carbonyl (C=O) groups is 2. The summed E-state index contributed by atoms with van der Waals surface area (Å²) in [5.41, 5.74) is -5.83. The Kier molecular flexibility index (Phi) is 4.31. The van der Waals surface area contributed by atoms with E-state index in [-0.39, 0.29) is 5.56 Å². The average Bonchev–Trinajstić information content (AvgIpc) is 2.43. The van der Waals surface area contributed by atoms with Gasteiger partial charge < -0.3 is 9.47 Å². The van der Waals surface area contributed by atoms with Gasteiger partial charge in [0.15, 0.2) is 0 Å². The molecule has 110 valence electrons. The monoisotopic (exact) mass is 295 g/mol. The van der Waals surface area contributed by atoms with Gasteiger partial charge in [0, 0.05) is 6.20 Å². The minimum Gasteiger partial charge on any atom is -0.466 e. The van der Waals surface area contributed by atoms with Crippen molar-refractivity contribution in [2.24, 2.45) is 0 Å². The van der Waals surface area contributed by atoms with Gasteiger partial charge in [-0.15, -0.1) is 0 Å². The number of carbonyl (C=O) groups excluding carboxylic acids is 2. The predicted octanol–water partition coefficient (Wildman–Crippen LogP) is 1.77. The fourth-order valence-corrected chi connectivity index (χ4v) is 1.34. The van der Waals surface area contributed by atoms with Crippen LogP contribution in [0.15, 0.2) is 18.3 Å². The van der Waals surface area contributed by atoms with Gasteiger partial charge in [-0.1, -0.05) is 0 Å². The molecule has 5 nitrogen and oxygen atoms in total. The number of halogens is 4. The molecule has 0 amide bonds. The lowest BCUT2D eigenvalue weighted by molar-refractivity contribution is -0.243. The van der Waals surface area contributed by atoms with Crippen molar-refractivity contribution >= 4 is 11.9 Å². The number of aromatic nitrogens is 1. The van der Waals surface area contributed by atoms with Crippen molar-refractivity contribution in [2.75, 3.05) is 14.2 Å². The van der Waals surface area contributed by atoms with Crippen LogP contribution >= 0.6 is 0 Å². The summed E-state index contributed by atoms with van der Waals surface area (Å²) < 4.78 is 60.4. The summed E-state index contributed by atoms with van der Waals surface area (Å²) in [6.07, 6.45) is -4.88. The maximum absolute atomic E-state index is 14.1. The lowest BCUT2D eigenvalue weighted by Gasteiger charge is -2.24. The number of alkyl halides is 4. The summed E-state index contributed by atoms with van der Waals surface area (Å²) >= 11 is 0. The molecule has 1 atom stereocenters. The standard InChI is InChI=1S/C11H9F4NO4/c1-19-8(17)6-3-4-7(16-5-6)10(12,9(18)20-2)11(13,14)15/h3-5H,1-2H3. The number of hydrogen-bond donors (Lipinski definition) is 0. The maximum atomic E-state index is 14.1. The lowest BCUT2D eigenvalue weighted by Crippen LogP contribution is -2.46. The summed E-state index contributed by atoms with van der Waals surface area (Å²) in [7, 11) is 1.67. The molecule has 0 saturated heterocycles. The molecular weight excluding hydrogens is 286 g/mol. The average molecular weight is 295 g/mol. The smallest absolute Gasteiger partial charge is 0.439 e. The van der Waals surface area contributed by atoms with E-state index in [9.17, 15) is 27.2 Å². The highest BCUT2D eigenvalue weighted by Crippen LogP contribution is 2.42. The second-order valence-electron chi connectivity index (χ2n) is 3.57. The number of methoxy groups -OCH3 is 2. The molecule has 0 aliphatic heterocycles.